The third kappa shape index (κ3) is 6.07. The molecule has 0 saturated carbocycles. The molecule has 0 radical (unpaired) electrons. The maximum Gasteiger partial charge on any atom is 0.342 e. The van der Waals surface area contributed by atoms with Crippen LogP contribution in [0.2, 0.25) is 0 Å². The number of hydrogen-bond acceptors (Lipinski definition) is 5. The molecular formula is C24H32N2O5+2. The second kappa shape index (κ2) is 10.9. The number of aliphatic hydroxyl groups excluding tert-OH is 1. The van der Waals surface area contributed by atoms with Gasteiger partial charge in [-0.2, -0.15) is 0 Å². The Morgan fingerprint density at radius 3 is 2.68 bits per heavy atom. The highest BCUT2D eigenvalue weighted by Gasteiger charge is 2.23. The molecule has 0 bridgehead atoms. The predicted octanol–water partition coefficient (Wildman–Crippen LogP) is 0.724. The van der Waals surface area contributed by atoms with Crippen LogP contribution in [0.15, 0.2) is 52.9 Å². The maximum atomic E-state index is 12.7. The summed E-state index contributed by atoms with van der Waals surface area (Å²) in [4.78, 5) is 14.1. The summed E-state index contributed by atoms with van der Waals surface area (Å²) in [6, 6.07) is 14.8. The fourth-order valence-corrected chi connectivity index (χ4v) is 3.33. The first-order valence-corrected chi connectivity index (χ1v) is 10.7. The van der Waals surface area contributed by atoms with E-state index in [1.54, 1.807) is 25.1 Å². The summed E-state index contributed by atoms with van der Waals surface area (Å²) in [6.07, 6.45) is -0.582. The van der Waals surface area contributed by atoms with Gasteiger partial charge in [-0.1, -0.05) is 30.3 Å². The number of benzene rings is 2. The normalized spacial score (nSPS) is 12.3. The summed E-state index contributed by atoms with van der Waals surface area (Å²) in [7, 11) is 4.21. The monoisotopic (exact) mass is 428 g/mol. The van der Waals surface area contributed by atoms with E-state index in [0.29, 0.717) is 34.6 Å². The highest BCUT2D eigenvalue weighted by Crippen LogP contribution is 2.36. The van der Waals surface area contributed by atoms with Crippen LogP contribution in [0, 0.1) is 0 Å². The molecule has 2 aromatic carbocycles. The van der Waals surface area contributed by atoms with E-state index in [-0.39, 0.29) is 13.2 Å². The Bertz CT molecular complexity index is 984. The lowest BCUT2D eigenvalue weighted by Gasteiger charge is -2.12. The summed E-state index contributed by atoms with van der Waals surface area (Å²) in [5.41, 5.74) is 1.76. The van der Waals surface area contributed by atoms with Crippen molar-refractivity contribution >= 4 is 16.9 Å². The van der Waals surface area contributed by atoms with Crippen LogP contribution in [-0.2, 0) is 4.74 Å². The van der Waals surface area contributed by atoms with Crippen molar-refractivity contribution in [2.24, 2.45) is 0 Å². The molecule has 0 aliphatic carbocycles. The standard InChI is InChI=1S/C24H30N2O5/c1-4-29-24(28)22-20-14-19(30-16-18(27)15-25-12-13-26(2)3)10-11-21(20)31-23(22)17-8-6-5-7-9-17/h5-11,14,18,25,27H,4,12-13,15-16H2,1-3H3/p+2/t18-/m1/s1. The molecule has 3 rings (SSSR count). The first-order valence-electron chi connectivity index (χ1n) is 10.7. The topological polar surface area (TPSA) is 90.0 Å². The van der Waals surface area contributed by atoms with Gasteiger partial charge in [-0.25, -0.2) is 4.79 Å². The highest BCUT2D eigenvalue weighted by molar-refractivity contribution is 6.09. The van der Waals surface area contributed by atoms with Crippen LogP contribution in [-0.4, -0.2) is 64.1 Å². The van der Waals surface area contributed by atoms with Crippen molar-refractivity contribution in [1.29, 1.82) is 0 Å². The van der Waals surface area contributed by atoms with E-state index in [9.17, 15) is 9.90 Å². The Labute approximate surface area is 182 Å². The lowest BCUT2D eigenvalue weighted by atomic mass is 10.1. The molecule has 7 nitrogen and oxygen atoms in total. The van der Waals surface area contributed by atoms with Crippen molar-refractivity contribution in [3.8, 4) is 17.1 Å². The average Bonchev–Trinajstić information content (AvgIpc) is 3.15. The number of esters is 1. The molecule has 7 heteroatoms. The van der Waals surface area contributed by atoms with E-state index >= 15 is 0 Å². The number of aliphatic hydroxyl groups is 1. The van der Waals surface area contributed by atoms with Crippen LogP contribution < -0.4 is 15.0 Å². The summed E-state index contributed by atoms with van der Waals surface area (Å²) >= 11 is 0. The quantitative estimate of drug-likeness (QED) is 0.309. The summed E-state index contributed by atoms with van der Waals surface area (Å²) < 4.78 is 17.1. The number of nitrogens with two attached hydrogens (primary N) is 1. The van der Waals surface area contributed by atoms with Crippen LogP contribution in [0.5, 0.6) is 5.75 Å². The number of quaternary nitrogens is 2. The lowest BCUT2D eigenvalue weighted by molar-refractivity contribution is -0.874. The second-order valence-corrected chi connectivity index (χ2v) is 7.79. The predicted molar refractivity (Wildman–Crippen MR) is 118 cm³/mol. The zero-order valence-corrected chi connectivity index (χ0v) is 18.4. The van der Waals surface area contributed by atoms with E-state index in [1.165, 1.54) is 4.90 Å². The first kappa shape index (κ1) is 22.8. The van der Waals surface area contributed by atoms with Gasteiger partial charge in [0.25, 0.3) is 0 Å². The molecule has 0 amide bonds. The number of rotatable bonds is 11. The SMILES string of the molecule is CCOC(=O)c1c(-c2ccccc2)oc2ccc(OC[C@H](O)C[NH2+]CC[NH+](C)C)cc12. The zero-order chi connectivity index (χ0) is 22.2. The Morgan fingerprint density at radius 1 is 1.19 bits per heavy atom. The average molecular weight is 429 g/mol. The summed E-state index contributed by atoms with van der Waals surface area (Å²) in [5, 5.41) is 12.9. The minimum atomic E-state index is -0.582. The van der Waals surface area contributed by atoms with Crippen LogP contribution >= 0.6 is 0 Å². The Kier molecular flexibility index (Phi) is 8.06. The number of carbonyl (C=O) groups is 1. The zero-order valence-electron chi connectivity index (χ0n) is 18.4. The van der Waals surface area contributed by atoms with Gasteiger partial charge >= 0.3 is 5.97 Å². The number of fused-ring (bicyclic) bond motifs is 1. The number of furan rings is 1. The minimum absolute atomic E-state index is 0.176. The van der Waals surface area contributed by atoms with Gasteiger partial charge in [0.05, 0.1) is 20.7 Å². The second-order valence-electron chi connectivity index (χ2n) is 7.79. The molecule has 0 aliphatic heterocycles. The Balaban J connectivity index is 1.77. The van der Waals surface area contributed by atoms with Gasteiger partial charge in [0, 0.05) is 10.9 Å². The number of likely N-dealkylation sites (N-methyl/N-ethyl adjacent to an activating group) is 1. The van der Waals surface area contributed by atoms with Crippen molar-refractivity contribution in [3.63, 3.8) is 0 Å². The molecule has 0 spiro atoms. The van der Waals surface area contributed by atoms with Gasteiger partial charge in [0.1, 0.15) is 55.0 Å². The van der Waals surface area contributed by atoms with Crippen LogP contribution in [0.25, 0.3) is 22.3 Å². The molecule has 4 N–H and O–H groups in total. The van der Waals surface area contributed by atoms with E-state index in [4.69, 9.17) is 13.9 Å². The van der Waals surface area contributed by atoms with Crippen molar-refractivity contribution in [2.75, 3.05) is 46.9 Å². The van der Waals surface area contributed by atoms with Crippen molar-refractivity contribution in [2.45, 2.75) is 13.0 Å². The third-order valence-electron chi connectivity index (χ3n) is 4.90. The molecule has 0 saturated heterocycles. The van der Waals surface area contributed by atoms with E-state index in [1.807, 2.05) is 30.3 Å². The van der Waals surface area contributed by atoms with Crippen LogP contribution in [0.1, 0.15) is 17.3 Å². The number of hydrogen-bond donors (Lipinski definition) is 3. The molecule has 166 valence electrons. The van der Waals surface area contributed by atoms with Crippen molar-refractivity contribution in [3.05, 3.63) is 54.1 Å². The smallest absolute Gasteiger partial charge is 0.342 e. The van der Waals surface area contributed by atoms with Gasteiger partial charge in [0.2, 0.25) is 0 Å². The lowest BCUT2D eigenvalue weighted by Crippen LogP contribution is -3.09. The summed E-state index contributed by atoms with van der Waals surface area (Å²) in [5.74, 6) is 0.606. The fraction of sp³-hybridized carbons (Fsp3) is 0.375. The van der Waals surface area contributed by atoms with Gasteiger partial charge in [-0.15, -0.1) is 0 Å². The van der Waals surface area contributed by atoms with E-state index in [2.05, 4.69) is 19.4 Å². The molecule has 1 atom stereocenters. The third-order valence-corrected chi connectivity index (χ3v) is 4.90. The molecule has 0 unspecified atom stereocenters. The Hall–Kier alpha value is -2.87. The highest BCUT2D eigenvalue weighted by atomic mass is 16.5. The van der Waals surface area contributed by atoms with Gasteiger partial charge in [-0.3, -0.25) is 0 Å². The summed E-state index contributed by atoms with van der Waals surface area (Å²) in [6.45, 7) is 4.78. The largest absolute Gasteiger partial charge is 0.491 e. The van der Waals surface area contributed by atoms with Crippen molar-refractivity contribution < 1.29 is 34.0 Å². The van der Waals surface area contributed by atoms with Gasteiger partial charge in [-0.05, 0) is 25.1 Å². The molecule has 31 heavy (non-hydrogen) atoms. The molecule has 0 aliphatic rings. The molecule has 1 heterocycles. The van der Waals surface area contributed by atoms with Gasteiger partial charge < -0.3 is 29.2 Å². The Morgan fingerprint density at radius 2 is 1.97 bits per heavy atom. The van der Waals surface area contributed by atoms with E-state index < -0.39 is 12.1 Å². The van der Waals surface area contributed by atoms with E-state index in [0.717, 1.165) is 18.7 Å². The fourth-order valence-electron chi connectivity index (χ4n) is 3.33. The van der Waals surface area contributed by atoms with Gasteiger partial charge in [0.15, 0.2) is 0 Å². The number of ether oxygens (including phenoxy) is 2. The molecule has 1 aromatic heterocycles. The number of carbonyl (C=O) groups excluding carboxylic acids is 1. The molecule has 3 aromatic rings. The maximum absolute atomic E-state index is 12.7. The minimum Gasteiger partial charge on any atom is -0.491 e. The molecule has 0 fully saturated rings. The first-order chi connectivity index (χ1) is 15.0. The van der Waals surface area contributed by atoms with Crippen molar-refractivity contribution in [1.82, 2.24) is 0 Å². The molecular weight excluding hydrogens is 396 g/mol. The van der Waals surface area contributed by atoms with Crippen LogP contribution in [0.3, 0.4) is 0 Å². The number of nitrogens with one attached hydrogen (secondary N) is 1. The van der Waals surface area contributed by atoms with Crippen LogP contribution in [0.4, 0.5) is 0 Å².